The van der Waals surface area contributed by atoms with E-state index in [1.807, 2.05) is 24.3 Å². The van der Waals surface area contributed by atoms with Crippen molar-refractivity contribution < 1.29 is 9.90 Å². The lowest BCUT2D eigenvalue weighted by Crippen LogP contribution is -2.42. The van der Waals surface area contributed by atoms with Crippen molar-refractivity contribution in [1.82, 2.24) is 10.6 Å². The van der Waals surface area contributed by atoms with E-state index in [2.05, 4.69) is 10.6 Å². The summed E-state index contributed by atoms with van der Waals surface area (Å²) < 4.78 is 0. The maximum atomic E-state index is 11.3. The molecule has 1 aromatic rings. The largest absolute Gasteiger partial charge is 0.394 e. The highest BCUT2D eigenvalue weighted by atomic mass is 35.5. The van der Waals surface area contributed by atoms with Crippen LogP contribution in [0.2, 0.25) is 5.02 Å². The Morgan fingerprint density at radius 2 is 2.29 bits per heavy atom. The summed E-state index contributed by atoms with van der Waals surface area (Å²) >= 11 is 5.85. The third-order valence-corrected chi connectivity index (χ3v) is 2.47. The predicted molar refractivity (Wildman–Crippen MR) is 68.2 cm³/mol. The normalized spacial score (nSPS) is 11.9. The van der Waals surface area contributed by atoms with Gasteiger partial charge in [0, 0.05) is 11.6 Å². The van der Waals surface area contributed by atoms with Crippen molar-refractivity contribution in [2.45, 2.75) is 19.4 Å². The molecule has 1 rings (SSSR count). The molecule has 0 saturated heterocycles. The van der Waals surface area contributed by atoms with Gasteiger partial charge >= 0.3 is 6.03 Å². The fourth-order valence-corrected chi connectivity index (χ4v) is 1.55. The molecule has 0 spiro atoms. The first-order chi connectivity index (χ1) is 8.11. The van der Waals surface area contributed by atoms with Crippen molar-refractivity contribution >= 4 is 17.6 Å². The summed E-state index contributed by atoms with van der Waals surface area (Å²) in [4.78, 5) is 11.3. The SMILES string of the molecule is CC(CO)NC(=O)NCCc1cccc(Cl)c1. The highest BCUT2D eigenvalue weighted by Gasteiger charge is 2.04. The molecule has 0 heterocycles. The molecule has 1 unspecified atom stereocenters. The number of rotatable bonds is 5. The van der Waals surface area contributed by atoms with E-state index in [-0.39, 0.29) is 18.7 Å². The fourth-order valence-electron chi connectivity index (χ4n) is 1.33. The molecular formula is C12H17ClN2O2. The maximum absolute atomic E-state index is 11.3. The van der Waals surface area contributed by atoms with Crippen molar-refractivity contribution in [1.29, 1.82) is 0 Å². The van der Waals surface area contributed by atoms with E-state index in [9.17, 15) is 4.79 Å². The zero-order chi connectivity index (χ0) is 12.7. The Balaban J connectivity index is 2.26. The molecule has 4 nitrogen and oxygen atoms in total. The number of halogens is 1. The van der Waals surface area contributed by atoms with Crippen LogP contribution in [-0.2, 0) is 6.42 Å². The molecule has 1 atom stereocenters. The summed E-state index contributed by atoms with van der Waals surface area (Å²) in [6, 6.07) is 7.02. The van der Waals surface area contributed by atoms with E-state index in [0.717, 1.165) is 12.0 Å². The van der Waals surface area contributed by atoms with E-state index in [0.29, 0.717) is 11.6 Å². The minimum Gasteiger partial charge on any atom is -0.394 e. The molecule has 0 aliphatic carbocycles. The second kappa shape index (κ2) is 7.14. The van der Waals surface area contributed by atoms with Crippen LogP contribution in [0.25, 0.3) is 0 Å². The van der Waals surface area contributed by atoms with Crippen molar-refractivity contribution in [2.75, 3.05) is 13.2 Å². The summed E-state index contributed by atoms with van der Waals surface area (Å²) in [5.74, 6) is 0. The summed E-state index contributed by atoms with van der Waals surface area (Å²) in [6.45, 7) is 2.20. The van der Waals surface area contributed by atoms with E-state index >= 15 is 0 Å². The van der Waals surface area contributed by atoms with Crippen LogP contribution in [0.3, 0.4) is 0 Å². The van der Waals surface area contributed by atoms with Crippen molar-refractivity contribution in [3.05, 3.63) is 34.9 Å². The van der Waals surface area contributed by atoms with Crippen LogP contribution in [0.5, 0.6) is 0 Å². The number of urea groups is 1. The first-order valence-electron chi connectivity index (χ1n) is 5.51. The zero-order valence-corrected chi connectivity index (χ0v) is 10.5. The van der Waals surface area contributed by atoms with Gasteiger partial charge in [-0.1, -0.05) is 23.7 Å². The maximum Gasteiger partial charge on any atom is 0.315 e. The number of aliphatic hydroxyl groups is 1. The number of hydrogen-bond acceptors (Lipinski definition) is 2. The lowest BCUT2D eigenvalue weighted by atomic mass is 10.1. The van der Waals surface area contributed by atoms with Gasteiger partial charge in [-0.2, -0.15) is 0 Å². The van der Waals surface area contributed by atoms with Gasteiger partial charge in [0.2, 0.25) is 0 Å². The number of carbonyl (C=O) groups is 1. The lowest BCUT2D eigenvalue weighted by molar-refractivity contribution is 0.220. The molecule has 1 aromatic carbocycles. The van der Waals surface area contributed by atoms with Crippen LogP contribution >= 0.6 is 11.6 Å². The topological polar surface area (TPSA) is 61.4 Å². The Bertz CT molecular complexity index is 371. The average Bonchev–Trinajstić information content (AvgIpc) is 2.29. The van der Waals surface area contributed by atoms with Crippen molar-refractivity contribution in [3.8, 4) is 0 Å². The minimum absolute atomic E-state index is 0.0677. The van der Waals surface area contributed by atoms with Crippen LogP contribution in [0.1, 0.15) is 12.5 Å². The van der Waals surface area contributed by atoms with Crippen LogP contribution in [0, 0.1) is 0 Å². The van der Waals surface area contributed by atoms with Crippen LogP contribution < -0.4 is 10.6 Å². The second-order valence-corrected chi connectivity index (χ2v) is 4.30. The molecule has 0 radical (unpaired) electrons. The highest BCUT2D eigenvalue weighted by molar-refractivity contribution is 6.30. The predicted octanol–water partition coefficient (Wildman–Crippen LogP) is 1.56. The van der Waals surface area contributed by atoms with Gasteiger partial charge in [-0.05, 0) is 31.0 Å². The lowest BCUT2D eigenvalue weighted by Gasteiger charge is -2.11. The van der Waals surface area contributed by atoms with Gasteiger partial charge in [-0.25, -0.2) is 4.79 Å². The van der Waals surface area contributed by atoms with E-state index < -0.39 is 0 Å². The molecule has 0 aliphatic heterocycles. The molecule has 0 saturated carbocycles. The van der Waals surface area contributed by atoms with Gasteiger partial charge in [0.05, 0.1) is 12.6 Å². The van der Waals surface area contributed by atoms with Gasteiger partial charge in [0.1, 0.15) is 0 Å². The first-order valence-corrected chi connectivity index (χ1v) is 5.89. The summed E-state index contributed by atoms with van der Waals surface area (Å²) in [5.41, 5.74) is 1.08. The fraction of sp³-hybridized carbons (Fsp3) is 0.417. The summed E-state index contributed by atoms with van der Waals surface area (Å²) in [6.07, 6.45) is 0.724. The third kappa shape index (κ3) is 5.56. The molecule has 0 aliphatic rings. The molecule has 3 N–H and O–H groups in total. The molecule has 94 valence electrons. The monoisotopic (exact) mass is 256 g/mol. The van der Waals surface area contributed by atoms with Gasteiger partial charge in [0.25, 0.3) is 0 Å². The zero-order valence-electron chi connectivity index (χ0n) is 9.74. The van der Waals surface area contributed by atoms with E-state index in [1.54, 1.807) is 6.92 Å². The Labute approximate surface area is 106 Å². The standard InChI is InChI=1S/C12H17ClN2O2/c1-9(8-16)15-12(17)14-6-5-10-3-2-4-11(13)7-10/h2-4,7,9,16H,5-6,8H2,1H3,(H2,14,15,17). The van der Waals surface area contributed by atoms with Crippen LogP contribution in [0.15, 0.2) is 24.3 Å². The van der Waals surface area contributed by atoms with Gasteiger partial charge in [-0.3, -0.25) is 0 Å². The third-order valence-electron chi connectivity index (χ3n) is 2.24. The quantitative estimate of drug-likeness (QED) is 0.749. The van der Waals surface area contributed by atoms with E-state index in [4.69, 9.17) is 16.7 Å². The molecule has 0 bridgehead atoms. The average molecular weight is 257 g/mol. The molecular weight excluding hydrogens is 240 g/mol. The number of hydrogen-bond donors (Lipinski definition) is 3. The Morgan fingerprint density at radius 1 is 1.53 bits per heavy atom. The number of amides is 2. The Hall–Kier alpha value is -1.26. The molecule has 2 amide bonds. The first kappa shape index (κ1) is 13.8. The van der Waals surface area contributed by atoms with Crippen molar-refractivity contribution in [2.24, 2.45) is 0 Å². The second-order valence-electron chi connectivity index (χ2n) is 3.86. The summed E-state index contributed by atoms with van der Waals surface area (Å²) in [7, 11) is 0. The highest BCUT2D eigenvalue weighted by Crippen LogP contribution is 2.10. The number of nitrogens with one attached hydrogen (secondary N) is 2. The van der Waals surface area contributed by atoms with Crippen molar-refractivity contribution in [3.63, 3.8) is 0 Å². The summed E-state index contributed by atoms with van der Waals surface area (Å²) in [5, 5.41) is 14.8. The number of aliphatic hydroxyl groups excluding tert-OH is 1. The van der Waals surface area contributed by atoms with Crippen LogP contribution in [-0.4, -0.2) is 30.3 Å². The molecule has 17 heavy (non-hydrogen) atoms. The molecule has 0 aromatic heterocycles. The number of benzene rings is 1. The minimum atomic E-state index is -0.270. The van der Waals surface area contributed by atoms with Gasteiger partial charge in [0.15, 0.2) is 0 Å². The van der Waals surface area contributed by atoms with E-state index in [1.165, 1.54) is 0 Å². The van der Waals surface area contributed by atoms with Gasteiger partial charge < -0.3 is 15.7 Å². The Kier molecular flexibility index (Phi) is 5.80. The Morgan fingerprint density at radius 3 is 2.94 bits per heavy atom. The molecule has 0 fully saturated rings. The molecule has 5 heteroatoms. The van der Waals surface area contributed by atoms with Gasteiger partial charge in [-0.15, -0.1) is 0 Å². The van der Waals surface area contributed by atoms with Crippen LogP contribution in [0.4, 0.5) is 4.79 Å². The smallest absolute Gasteiger partial charge is 0.315 e. The number of carbonyl (C=O) groups excluding carboxylic acids is 1.